The Balaban J connectivity index is 2.69. The van der Waals surface area contributed by atoms with Crippen molar-refractivity contribution in [2.75, 3.05) is 13.7 Å². The van der Waals surface area contributed by atoms with E-state index >= 15 is 0 Å². The fourth-order valence-corrected chi connectivity index (χ4v) is 4.15. The Kier molecular flexibility index (Phi) is 8.13. The zero-order valence-electron chi connectivity index (χ0n) is 16.8. The number of hydrogen-bond donors (Lipinski definition) is 2. The van der Waals surface area contributed by atoms with Crippen LogP contribution >= 0.6 is 0 Å². The van der Waals surface area contributed by atoms with Crippen LogP contribution in [0.4, 0.5) is 4.79 Å². The molecule has 0 aliphatic carbocycles. The smallest absolute Gasteiger partial charge is 0.413 e. The zero-order valence-corrected chi connectivity index (χ0v) is 17.7. The van der Waals surface area contributed by atoms with Crippen LogP contribution in [0.2, 0.25) is 0 Å². The Morgan fingerprint density at radius 3 is 2.11 bits per heavy atom. The van der Waals surface area contributed by atoms with Crippen LogP contribution in [0.5, 0.6) is 0 Å². The number of carbonyl (C=O) groups is 3. The summed E-state index contributed by atoms with van der Waals surface area (Å²) in [7, 11) is -2.74. The lowest BCUT2D eigenvalue weighted by Crippen LogP contribution is -2.39. The summed E-state index contributed by atoms with van der Waals surface area (Å²) in [6, 6.07) is 1.92. The van der Waals surface area contributed by atoms with Crippen molar-refractivity contribution in [3.63, 3.8) is 0 Å². The maximum Gasteiger partial charge on any atom is 0.413 e. The van der Waals surface area contributed by atoms with Gasteiger partial charge in [-0.15, -0.1) is 0 Å². The topological polar surface area (TPSA) is 128 Å². The molecule has 156 valence electrons. The second-order valence-electron chi connectivity index (χ2n) is 6.35. The largest absolute Gasteiger partial charge is 0.453 e. The Morgan fingerprint density at radius 2 is 1.61 bits per heavy atom. The molecule has 1 aromatic carbocycles. The van der Waals surface area contributed by atoms with Gasteiger partial charge in [-0.3, -0.25) is 14.9 Å². The summed E-state index contributed by atoms with van der Waals surface area (Å²) in [6.07, 6.45) is -2.48. The fraction of sp³-hybridized carbons (Fsp3) is 0.500. The number of carbonyl (C=O) groups excluding carboxylic acids is 3. The van der Waals surface area contributed by atoms with Crippen LogP contribution in [-0.4, -0.2) is 46.1 Å². The predicted octanol–water partition coefficient (Wildman–Crippen LogP) is 1.40. The van der Waals surface area contributed by atoms with E-state index in [-0.39, 0.29) is 17.9 Å². The number of benzene rings is 1. The molecule has 0 aliphatic rings. The molecule has 1 atom stereocenters. The molecule has 10 heteroatoms. The molecule has 9 nitrogen and oxygen atoms in total. The first-order valence-corrected chi connectivity index (χ1v) is 10.0. The number of rotatable bonds is 7. The van der Waals surface area contributed by atoms with Crippen molar-refractivity contribution in [3.05, 3.63) is 28.3 Å². The number of amides is 2. The standard InChI is InChI=1S/C18H26N2O7S/c1-10-9-11(2)13(4)16(12(10)3)28(24,25)19-8-7-15(21)27-14(5)17(22)20-18(23)26-6/h9,14,19H,7-8H2,1-6H3,(H,20,22,23)/t14-/m1/s1. The van der Waals surface area contributed by atoms with Crippen LogP contribution in [0.3, 0.4) is 0 Å². The highest BCUT2D eigenvalue weighted by Gasteiger charge is 2.23. The average molecular weight is 414 g/mol. The first-order valence-electron chi connectivity index (χ1n) is 8.56. The first-order chi connectivity index (χ1) is 12.9. The fourth-order valence-electron chi connectivity index (χ4n) is 2.51. The van der Waals surface area contributed by atoms with Gasteiger partial charge >= 0.3 is 12.1 Å². The van der Waals surface area contributed by atoms with Gasteiger partial charge in [0.1, 0.15) is 0 Å². The molecule has 1 rings (SSSR count). The third-order valence-corrected chi connectivity index (χ3v) is 6.01. The number of alkyl carbamates (subject to hydrolysis) is 1. The second kappa shape index (κ2) is 9.65. The van der Waals surface area contributed by atoms with Gasteiger partial charge in [-0.2, -0.15) is 0 Å². The quantitative estimate of drug-likeness (QED) is 0.646. The van der Waals surface area contributed by atoms with Crippen LogP contribution in [0.15, 0.2) is 11.0 Å². The van der Waals surface area contributed by atoms with Gasteiger partial charge in [0, 0.05) is 6.54 Å². The molecule has 1 aromatic rings. The summed E-state index contributed by atoms with van der Waals surface area (Å²) in [5.41, 5.74) is 3.00. The maximum absolute atomic E-state index is 12.7. The Labute approximate surface area is 164 Å². The van der Waals surface area contributed by atoms with Gasteiger partial charge in [0.05, 0.1) is 18.4 Å². The lowest BCUT2D eigenvalue weighted by atomic mass is 10.0. The molecular weight excluding hydrogens is 388 g/mol. The molecule has 0 radical (unpaired) electrons. The highest BCUT2D eigenvalue weighted by Crippen LogP contribution is 2.25. The van der Waals surface area contributed by atoms with E-state index in [1.807, 2.05) is 25.2 Å². The van der Waals surface area contributed by atoms with Crippen LogP contribution in [0, 0.1) is 27.7 Å². The molecule has 0 aliphatic heterocycles. The maximum atomic E-state index is 12.7. The summed E-state index contributed by atoms with van der Waals surface area (Å²) in [5, 5.41) is 1.87. The van der Waals surface area contributed by atoms with Crippen molar-refractivity contribution in [1.82, 2.24) is 10.0 Å². The van der Waals surface area contributed by atoms with Crippen molar-refractivity contribution < 1.29 is 32.3 Å². The van der Waals surface area contributed by atoms with E-state index in [0.717, 1.165) is 18.2 Å². The lowest BCUT2D eigenvalue weighted by Gasteiger charge is -2.16. The van der Waals surface area contributed by atoms with E-state index in [4.69, 9.17) is 4.74 Å². The number of imide groups is 1. The Hall–Kier alpha value is -2.46. The molecular formula is C18H26N2O7S. The van der Waals surface area contributed by atoms with E-state index < -0.39 is 34.1 Å². The zero-order chi connectivity index (χ0) is 21.6. The summed E-state index contributed by atoms with van der Waals surface area (Å²) < 4.78 is 36.9. The number of ether oxygens (including phenoxy) is 2. The highest BCUT2D eigenvalue weighted by molar-refractivity contribution is 7.89. The minimum absolute atomic E-state index is 0.196. The molecule has 0 spiro atoms. The van der Waals surface area contributed by atoms with Crippen molar-refractivity contribution in [1.29, 1.82) is 0 Å². The first kappa shape index (κ1) is 23.6. The average Bonchev–Trinajstić information content (AvgIpc) is 2.59. The van der Waals surface area contributed by atoms with E-state index in [1.165, 1.54) is 6.92 Å². The third kappa shape index (κ3) is 6.03. The minimum Gasteiger partial charge on any atom is -0.453 e. The molecule has 2 N–H and O–H groups in total. The van der Waals surface area contributed by atoms with Gasteiger partial charge < -0.3 is 9.47 Å². The number of nitrogens with one attached hydrogen (secondary N) is 2. The van der Waals surface area contributed by atoms with Crippen molar-refractivity contribution in [2.24, 2.45) is 0 Å². The van der Waals surface area contributed by atoms with Gasteiger partial charge in [0.15, 0.2) is 6.10 Å². The van der Waals surface area contributed by atoms with Crippen LogP contribution < -0.4 is 10.0 Å². The number of hydrogen-bond acceptors (Lipinski definition) is 7. The minimum atomic E-state index is -3.82. The van der Waals surface area contributed by atoms with E-state index in [9.17, 15) is 22.8 Å². The third-order valence-electron chi connectivity index (χ3n) is 4.28. The van der Waals surface area contributed by atoms with Gasteiger partial charge in [-0.25, -0.2) is 17.9 Å². The highest BCUT2D eigenvalue weighted by atomic mass is 32.2. The Bertz CT molecular complexity index is 852. The van der Waals surface area contributed by atoms with Gasteiger partial charge in [0.2, 0.25) is 10.0 Å². The molecule has 28 heavy (non-hydrogen) atoms. The summed E-state index contributed by atoms with van der Waals surface area (Å²) in [6.45, 7) is 8.21. The molecule has 0 heterocycles. The Morgan fingerprint density at radius 1 is 1.07 bits per heavy atom. The van der Waals surface area contributed by atoms with Crippen LogP contribution in [-0.2, 0) is 29.1 Å². The molecule has 2 amide bonds. The SMILES string of the molecule is COC(=O)NC(=O)[C@@H](C)OC(=O)CCNS(=O)(=O)c1c(C)c(C)cc(C)c1C. The molecule has 0 aromatic heterocycles. The monoisotopic (exact) mass is 414 g/mol. The summed E-state index contributed by atoms with van der Waals surface area (Å²) in [4.78, 5) is 34.6. The number of aryl methyl sites for hydroxylation is 2. The molecule has 0 fully saturated rings. The van der Waals surface area contributed by atoms with Gasteiger partial charge in [-0.1, -0.05) is 6.07 Å². The van der Waals surface area contributed by atoms with Crippen molar-refractivity contribution in [2.45, 2.75) is 52.0 Å². The van der Waals surface area contributed by atoms with E-state index in [1.54, 1.807) is 13.8 Å². The molecule has 0 bridgehead atoms. The summed E-state index contributed by atoms with van der Waals surface area (Å²) in [5.74, 6) is -1.63. The molecule has 0 unspecified atom stereocenters. The van der Waals surface area contributed by atoms with Crippen molar-refractivity contribution in [3.8, 4) is 0 Å². The lowest BCUT2D eigenvalue weighted by molar-refractivity contribution is -0.154. The van der Waals surface area contributed by atoms with Gasteiger partial charge in [-0.05, 0) is 56.9 Å². The summed E-state index contributed by atoms with van der Waals surface area (Å²) >= 11 is 0. The normalized spacial score (nSPS) is 12.2. The van der Waals surface area contributed by atoms with Crippen LogP contribution in [0.25, 0.3) is 0 Å². The second-order valence-corrected chi connectivity index (χ2v) is 8.05. The number of methoxy groups -OCH3 is 1. The van der Waals surface area contributed by atoms with Crippen LogP contribution in [0.1, 0.15) is 35.6 Å². The van der Waals surface area contributed by atoms with Crippen molar-refractivity contribution >= 4 is 28.0 Å². The molecule has 0 saturated carbocycles. The number of sulfonamides is 1. The predicted molar refractivity (Wildman–Crippen MR) is 101 cm³/mol. The molecule has 0 saturated heterocycles. The number of esters is 1. The van der Waals surface area contributed by atoms with E-state index in [0.29, 0.717) is 11.1 Å². The van der Waals surface area contributed by atoms with Gasteiger partial charge in [0.25, 0.3) is 5.91 Å². The van der Waals surface area contributed by atoms with E-state index in [2.05, 4.69) is 9.46 Å².